The van der Waals surface area contributed by atoms with Crippen LogP contribution >= 0.6 is 0 Å². The van der Waals surface area contributed by atoms with Crippen LogP contribution in [0.3, 0.4) is 0 Å². The largest absolute Gasteiger partial charge is 0.387 e. The van der Waals surface area contributed by atoms with Crippen LogP contribution in [-0.4, -0.2) is 92.1 Å². The van der Waals surface area contributed by atoms with Gasteiger partial charge in [0.05, 0.1) is 185 Å². The second-order valence-electron chi connectivity index (χ2n) is 37.6. The summed E-state index contributed by atoms with van der Waals surface area (Å²) in [4.78, 5) is 25.4. The molecule has 9 fully saturated rings. The Bertz CT molecular complexity index is 5600. The summed E-state index contributed by atoms with van der Waals surface area (Å²) >= 11 is 0. The summed E-state index contributed by atoms with van der Waals surface area (Å²) < 4.78 is 17.8. The predicted molar refractivity (Wildman–Crippen MR) is 476 cm³/mol. The lowest BCUT2D eigenvalue weighted by Crippen LogP contribution is -2.20. The summed E-state index contributed by atoms with van der Waals surface area (Å²) in [5, 5.41) is 69.4. The molecule has 9 aliphatic carbocycles. The highest BCUT2D eigenvalue weighted by Gasteiger charge is 2.39. The van der Waals surface area contributed by atoms with Gasteiger partial charge in [-0.15, -0.1) is 0 Å². The monoisotopic (exact) mass is 1640 g/mol. The summed E-state index contributed by atoms with van der Waals surface area (Å²) in [6.45, 7) is 14.3. The van der Waals surface area contributed by atoms with E-state index < -0.39 is 12.2 Å². The second kappa shape index (κ2) is 37.9. The van der Waals surface area contributed by atoms with Gasteiger partial charge in [-0.25, -0.2) is 29.9 Å². The molecule has 20 heteroatoms. The Labute approximate surface area is 712 Å². The molecule has 13 aromatic rings. The quantitative estimate of drug-likeness (QED) is 0.0441. The highest BCUT2D eigenvalue weighted by molar-refractivity contribution is 5.73. The Morgan fingerprint density at radius 2 is 0.678 bits per heavy atom. The average Bonchev–Trinajstić information content (AvgIpc) is 1.55. The van der Waals surface area contributed by atoms with E-state index in [4.69, 9.17) is 4.52 Å². The molecule has 6 unspecified atom stereocenters. The number of aliphatic hydroxyl groups is 6. The third kappa shape index (κ3) is 18.7. The first-order valence-electron chi connectivity index (χ1n) is 46.4. The van der Waals surface area contributed by atoms with Gasteiger partial charge in [-0.2, -0.15) is 0 Å². The first-order valence-corrected chi connectivity index (χ1v) is 46.4. The fourth-order valence-corrected chi connectivity index (χ4v) is 21.2. The van der Waals surface area contributed by atoms with Crippen LogP contribution in [0, 0.1) is 49.4 Å². The van der Waals surface area contributed by atoms with Gasteiger partial charge in [-0.1, -0.05) is 165 Å². The van der Waals surface area contributed by atoms with Crippen molar-refractivity contribution >= 4 is 38.7 Å². The number of rotatable bonds is 19. The molecule has 13 heterocycles. The molecule has 6 N–H and O–H groups in total. The van der Waals surface area contributed by atoms with Crippen molar-refractivity contribution in [3.63, 3.8) is 0 Å². The van der Waals surface area contributed by atoms with Crippen LogP contribution in [0.4, 0.5) is 0 Å². The van der Waals surface area contributed by atoms with Crippen LogP contribution in [-0.2, 0) is 0 Å². The third-order valence-corrected chi connectivity index (χ3v) is 28.5. The number of imidazole rings is 6. The average molecular weight is 1640 g/mol. The molecule has 0 spiro atoms. The van der Waals surface area contributed by atoms with Crippen molar-refractivity contribution < 1.29 is 35.2 Å². The summed E-state index contributed by atoms with van der Waals surface area (Å²) in [5.41, 5.74) is 22.8. The van der Waals surface area contributed by atoms with Gasteiger partial charge in [0.25, 0.3) is 0 Å². The van der Waals surface area contributed by atoms with Crippen LogP contribution in [0.1, 0.15) is 366 Å². The van der Waals surface area contributed by atoms with Crippen molar-refractivity contribution in [3.05, 3.63) is 228 Å². The summed E-state index contributed by atoms with van der Waals surface area (Å²) in [6.07, 6.45) is 60.1. The Kier molecular flexibility index (Phi) is 26.3. The predicted octanol–water partition coefficient (Wildman–Crippen LogP) is 22.6. The van der Waals surface area contributed by atoms with Crippen LogP contribution in [0.25, 0.3) is 49.8 Å². The van der Waals surface area contributed by atoms with Gasteiger partial charge < -0.3 is 52.8 Å². The number of aliphatic hydroxyl groups excluding tert-OH is 6. The van der Waals surface area contributed by atoms with Crippen LogP contribution in [0.15, 0.2) is 159 Å². The minimum Gasteiger partial charge on any atom is -0.387 e. The minimum atomic E-state index is -0.508. The van der Waals surface area contributed by atoms with E-state index >= 15 is 0 Å². The molecule has 20 nitrogen and oxygen atoms in total. The highest BCUT2D eigenvalue weighted by atomic mass is 16.5. The van der Waals surface area contributed by atoms with Crippen molar-refractivity contribution in [3.8, 4) is 11.1 Å². The van der Waals surface area contributed by atoms with Crippen LogP contribution in [0.2, 0.25) is 0 Å². The van der Waals surface area contributed by atoms with Crippen molar-refractivity contribution in [2.24, 2.45) is 35.5 Å². The van der Waals surface area contributed by atoms with Gasteiger partial charge in [0, 0.05) is 11.1 Å². The molecule has 0 aliphatic heterocycles. The molecule has 13 aromatic heterocycles. The number of pyridine rings is 6. The number of hydrogen-bond acceptors (Lipinski definition) is 14. The Hall–Kier alpha value is -9.15. The Morgan fingerprint density at radius 3 is 1.06 bits per heavy atom. The molecule has 0 aromatic carbocycles. The van der Waals surface area contributed by atoms with E-state index in [2.05, 4.69) is 134 Å². The maximum Gasteiger partial charge on any atom is 0.141 e. The molecule has 640 valence electrons. The zero-order chi connectivity index (χ0) is 83.4. The first kappa shape index (κ1) is 84.1. The van der Waals surface area contributed by atoms with Crippen molar-refractivity contribution in [1.29, 1.82) is 0 Å². The molecular weight excluding hydrogens is 1510 g/mol. The number of fused-ring (bicyclic) bond motifs is 6. The summed E-state index contributed by atoms with van der Waals surface area (Å²) in [7, 11) is 0. The molecule has 22 rings (SSSR count). The number of nitrogens with zero attached hydrogens (tertiary/aromatic N) is 13. The van der Waals surface area contributed by atoms with E-state index in [1.54, 1.807) is 12.7 Å². The lowest BCUT2D eigenvalue weighted by molar-refractivity contribution is 0.0790. The van der Waals surface area contributed by atoms with E-state index in [0.29, 0.717) is 59.2 Å². The van der Waals surface area contributed by atoms with Crippen LogP contribution in [0.5, 0.6) is 0 Å². The van der Waals surface area contributed by atoms with E-state index in [1.807, 2.05) is 104 Å². The zero-order valence-corrected chi connectivity index (χ0v) is 72.0. The normalized spacial score (nSPS) is 19.9. The van der Waals surface area contributed by atoms with E-state index in [-0.39, 0.29) is 24.4 Å². The number of aryl methyl sites for hydroxylation is 2. The zero-order valence-electron chi connectivity index (χ0n) is 72.0. The van der Waals surface area contributed by atoms with E-state index in [0.717, 1.165) is 172 Å². The maximum absolute atomic E-state index is 11.2. The third-order valence-electron chi connectivity index (χ3n) is 28.5. The van der Waals surface area contributed by atoms with Crippen LogP contribution < -0.4 is 0 Å². The summed E-state index contributed by atoms with van der Waals surface area (Å²) in [5.74, 6) is 5.84. The van der Waals surface area contributed by atoms with Gasteiger partial charge in [-0.05, 0) is 259 Å². The lowest BCUT2D eigenvalue weighted by atomic mass is 9.82. The van der Waals surface area contributed by atoms with Crippen molar-refractivity contribution in [1.82, 2.24) is 61.5 Å². The van der Waals surface area contributed by atoms with Gasteiger partial charge in [0.1, 0.15) is 5.76 Å². The molecule has 121 heavy (non-hydrogen) atoms. The summed E-state index contributed by atoms with van der Waals surface area (Å²) in [6, 6.07) is 25.4. The molecule has 0 saturated heterocycles. The SMILES string of the molecule is C=C(C)c1ccc2cncn2c1C(O)C1CCCCC1.CC(C)c1ccc2cncn2c1C(O)C1CCCCC1.Cc1noc(C)c1-c1ccc2cncn2c1C(O)C1CCCCC1.OC(CC1CCCCC1)c1c(C2CC2)ccc2cncn12.OC(c1c(C2CC2)ccc2cncn12)C1CC1.OC(c1c(C2CC2)ccc2cncn12)C1CCCC1. The minimum absolute atomic E-state index is 0.297. The topological polar surface area (TPSA) is 251 Å². The van der Waals surface area contributed by atoms with Crippen molar-refractivity contribution in [2.45, 2.75) is 307 Å². The fraction of sp³-hybridized carbons (Fsp3) is 0.535. The van der Waals surface area contributed by atoms with Crippen molar-refractivity contribution in [2.75, 3.05) is 0 Å². The fourth-order valence-electron chi connectivity index (χ4n) is 21.2. The lowest BCUT2D eigenvalue weighted by Gasteiger charge is -2.29. The Morgan fingerprint density at radius 1 is 0.364 bits per heavy atom. The molecule has 9 aliphatic rings. The van der Waals surface area contributed by atoms with Gasteiger partial charge in [0.2, 0.25) is 0 Å². The van der Waals surface area contributed by atoms with E-state index in [9.17, 15) is 30.6 Å². The number of aromatic nitrogens is 13. The van der Waals surface area contributed by atoms with E-state index in [1.165, 1.54) is 164 Å². The molecule has 0 bridgehead atoms. The molecule has 9 saturated carbocycles. The first-order chi connectivity index (χ1) is 59.0. The number of allylic oxidation sites excluding steroid dienone is 1. The maximum atomic E-state index is 11.2. The molecule has 6 atom stereocenters. The molecular formula is C101H129N13O7. The van der Waals surface area contributed by atoms with Gasteiger partial charge >= 0.3 is 0 Å². The smallest absolute Gasteiger partial charge is 0.141 e. The standard InChI is InChI=1S/C19H23N3O2.C18H24N2O.C17H24N2O.C17H22N2O.C16H20N2O.C14H16N2O/c1-12-17(13(2)24-21-12)16-9-8-15-10-20-11-22(15)18(16)19(23)14-6-4-3-5-7-14;21-17(10-13-4-2-1-3-5-13)18-16(14-6-7-14)9-8-15-11-19-12-20(15)18;2*1-12(2)15-9-8-14-10-18-11-19(14)16(15)17(20)13-6-4-3-5-7-13;19-16(12-3-1-2-4-12)15-14(11-5-6-11)8-7-13-9-17-10-18(13)15;17-14(10-3-4-10)13-12(9-1-2-9)6-5-11-7-15-8-16(11)13/h8-11,14,19,23H,3-7H2,1-2H3;8-9,11-14,17,21H,1-7,10H2;8-13,17,20H,3-7H2,1-2H3;8-11,13,17,20H,1,3-7H2,2H3;7-12,16,19H,1-6H2;5-10,14,17H,1-4H2. The number of hydrogen-bond donors (Lipinski definition) is 6. The highest BCUT2D eigenvalue weighted by Crippen LogP contribution is 2.51. The van der Waals surface area contributed by atoms with Gasteiger partial charge in [0.15, 0.2) is 0 Å². The molecule has 0 radical (unpaired) electrons. The molecule has 0 amide bonds. The van der Waals surface area contributed by atoms with Gasteiger partial charge in [-0.3, -0.25) is 8.80 Å². The second-order valence-corrected chi connectivity index (χ2v) is 37.6. The Balaban J connectivity index is 0.000000104.